The molecule has 0 atom stereocenters. The fourth-order valence-corrected chi connectivity index (χ4v) is 4.42. The average molecular weight is 507 g/mol. The molecule has 0 heterocycles. The fourth-order valence-electron chi connectivity index (χ4n) is 3.84. The third kappa shape index (κ3) is 9.23. The van der Waals surface area contributed by atoms with Crippen molar-refractivity contribution in [3.63, 3.8) is 0 Å². The van der Waals surface area contributed by atoms with Gasteiger partial charge in [0.25, 0.3) is 0 Å². The lowest BCUT2D eigenvalue weighted by atomic mass is 9.98. The first-order valence-electron chi connectivity index (χ1n) is 12.2. The highest BCUT2D eigenvalue weighted by Crippen LogP contribution is 2.37. The number of rotatable bonds is 16. The molecule has 2 rings (SSSR count). The molecule has 2 aromatic rings. The van der Waals surface area contributed by atoms with Crippen molar-refractivity contribution in [1.29, 1.82) is 0 Å². The van der Waals surface area contributed by atoms with Gasteiger partial charge in [-0.05, 0) is 24.5 Å². The van der Waals surface area contributed by atoms with E-state index >= 15 is 0 Å². The smallest absolute Gasteiger partial charge is 0.335 e. The van der Waals surface area contributed by atoms with Crippen LogP contribution in [0.15, 0.2) is 42.5 Å². The molecule has 0 radical (unpaired) electrons. The summed E-state index contributed by atoms with van der Waals surface area (Å²) in [6, 6.07) is 10.9. The Balaban J connectivity index is 1.83. The number of hydrogen-bond acceptors (Lipinski definition) is 3. The Hall–Kier alpha value is -2.17. The first kappa shape index (κ1) is 28.1. The van der Waals surface area contributed by atoms with Gasteiger partial charge in [-0.3, -0.25) is 0 Å². The number of carboxylic acid groups (broad SMARTS) is 1. The molecule has 0 fully saturated rings. The van der Waals surface area contributed by atoms with Gasteiger partial charge in [-0.25, -0.2) is 4.79 Å². The van der Waals surface area contributed by atoms with Gasteiger partial charge < -0.3 is 14.6 Å². The van der Waals surface area contributed by atoms with Crippen LogP contribution in [0.3, 0.4) is 0 Å². The summed E-state index contributed by atoms with van der Waals surface area (Å²) in [6.07, 6.45) is 12.0. The third-order valence-corrected chi connectivity index (χ3v) is 6.24. The highest BCUT2D eigenvalue weighted by Gasteiger charge is 2.14. The summed E-state index contributed by atoms with van der Waals surface area (Å²) in [5.74, 6) is 0.0940. The van der Waals surface area contributed by atoms with E-state index in [0.717, 1.165) is 18.4 Å². The molecule has 0 spiro atoms. The van der Waals surface area contributed by atoms with E-state index in [1.807, 2.05) is 24.3 Å². The number of hydrogen-bond donors (Lipinski definition) is 1. The van der Waals surface area contributed by atoms with Crippen LogP contribution in [-0.4, -0.2) is 24.3 Å². The number of carboxylic acids is 1. The van der Waals surface area contributed by atoms with Crippen molar-refractivity contribution in [1.82, 2.24) is 0 Å². The van der Waals surface area contributed by atoms with Crippen LogP contribution in [-0.2, 0) is 11.2 Å². The Morgan fingerprint density at radius 3 is 2.15 bits per heavy atom. The van der Waals surface area contributed by atoms with Crippen molar-refractivity contribution in [2.45, 2.75) is 71.6 Å². The molecule has 0 saturated heterocycles. The fraction of sp³-hybridized carbons (Fsp3) is 0.464. The molecule has 0 unspecified atom stereocenters. The lowest BCUT2D eigenvalue weighted by Gasteiger charge is -2.14. The van der Waals surface area contributed by atoms with E-state index in [-0.39, 0.29) is 5.57 Å². The van der Waals surface area contributed by atoms with Gasteiger partial charge in [0, 0.05) is 18.6 Å². The minimum atomic E-state index is -0.947. The Bertz CT molecular complexity index is 917. The number of aliphatic carboxylic acids is 1. The Kier molecular flexibility index (Phi) is 12.9. The Morgan fingerprint density at radius 1 is 0.912 bits per heavy atom. The van der Waals surface area contributed by atoms with Crippen molar-refractivity contribution in [2.24, 2.45) is 0 Å². The van der Waals surface area contributed by atoms with Crippen molar-refractivity contribution < 1.29 is 19.4 Å². The standard InChI is InChI=1S/C28H36Cl2O4/c1-3-5-6-7-8-9-10-13-17-34-27-25(29)19-22(20-26(27)30)33-18-16-21-14-11-12-15-24(21)23(4-2)28(31)32/h4,11-12,14-15,19-20H,3,5-10,13,16-18H2,1-2H3,(H,31,32)/b23-4+. The van der Waals surface area contributed by atoms with Crippen LogP contribution in [0.4, 0.5) is 0 Å². The summed E-state index contributed by atoms with van der Waals surface area (Å²) in [5, 5.41) is 10.3. The summed E-state index contributed by atoms with van der Waals surface area (Å²) in [5.41, 5.74) is 1.88. The summed E-state index contributed by atoms with van der Waals surface area (Å²) < 4.78 is 11.7. The van der Waals surface area contributed by atoms with Gasteiger partial charge in [-0.2, -0.15) is 0 Å². The van der Waals surface area contributed by atoms with Gasteiger partial charge in [-0.15, -0.1) is 0 Å². The van der Waals surface area contributed by atoms with Crippen molar-refractivity contribution in [2.75, 3.05) is 13.2 Å². The van der Waals surface area contributed by atoms with Gasteiger partial charge in [0.05, 0.1) is 28.8 Å². The van der Waals surface area contributed by atoms with Gasteiger partial charge in [0.15, 0.2) is 5.75 Å². The van der Waals surface area contributed by atoms with Crippen LogP contribution in [0.2, 0.25) is 10.0 Å². The van der Waals surface area contributed by atoms with E-state index in [4.69, 9.17) is 32.7 Å². The Morgan fingerprint density at radius 2 is 1.53 bits per heavy atom. The molecule has 186 valence electrons. The highest BCUT2D eigenvalue weighted by molar-refractivity contribution is 6.37. The topological polar surface area (TPSA) is 55.8 Å². The zero-order chi connectivity index (χ0) is 24.8. The quantitative estimate of drug-likeness (QED) is 0.183. The monoisotopic (exact) mass is 506 g/mol. The van der Waals surface area contributed by atoms with Crippen molar-refractivity contribution in [3.05, 3.63) is 63.6 Å². The second-order valence-electron chi connectivity index (χ2n) is 8.30. The molecule has 6 heteroatoms. The second kappa shape index (κ2) is 15.7. The first-order valence-corrected chi connectivity index (χ1v) is 13.0. The number of carbonyl (C=O) groups is 1. The first-order chi connectivity index (χ1) is 16.5. The second-order valence-corrected chi connectivity index (χ2v) is 9.12. The van der Waals surface area contributed by atoms with E-state index < -0.39 is 5.97 Å². The average Bonchev–Trinajstić information content (AvgIpc) is 2.80. The molecule has 34 heavy (non-hydrogen) atoms. The van der Waals surface area contributed by atoms with E-state index in [2.05, 4.69) is 6.92 Å². The van der Waals surface area contributed by atoms with Crippen LogP contribution in [0.1, 0.15) is 76.3 Å². The molecule has 0 amide bonds. The van der Waals surface area contributed by atoms with Gasteiger partial charge >= 0.3 is 5.97 Å². The Labute approximate surface area is 213 Å². The molecule has 0 aromatic heterocycles. The number of halogens is 2. The highest BCUT2D eigenvalue weighted by atomic mass is 35.5. The minimum Gasteiger partial charge on any atom is -0.493 e. The molecule has 0 saturated carbocycles. The maximum absolute atomic E-state index is 11.5. The van der Waals surface area contributed by atoms with Crippen molar-refractivity contribution >= 4 is 34.7 Å². The van der Waals surface area contributed by atoms with Crippen molar-refractivity contribution in [3.8, 4) is 11.5 Å². The molecule has 0 bridgehead atoms. The third-order valence-electron chi connectivity index (χ3n) is 5.68. The number of benzene rings is 2. The minimum absolute atomic E-state index is 0.277. The molecule has 0 aliphatic rings. The van der Waals surface area contributed by atoms with Crippen LogP contribution >= 0.6 is 23.2 Å². The van der Waals surface area contributed by atoms with Gasteiger partial charge in [-0.1, -0.05) is 105 Å². The van der Waals surface area contributed by atoms with Gasteiger partial charge in [0.2, 0.25) is 0 Å². The molecule has 1 N–H and O–H groups in total. The molecule has 0 aliphatic carbocycles. The zero-order valence-electron chi connectivity index (χ0n) is 20.2. The lowest BCUT2D eigenvalue weighted by Crippen LogP contribution is -2.07. The number of ether oxygens (including phenoxy) is 2. The number of allylic oxidation sites excluding steroid dienone is 1. The predicted molar refractivity (Wildman–Crippen MR) is 141 cm³/mol. The molecule has 0 aliphatic heterocycles. The number of unbranched alkanes of at least 4 members (excludes halogenated alkanes) is 7. The molecule has 4 nitrogen and oxygen atoms in total. The maximum atomic E-state index is 11.5. The van der Waals surface area contributed by atoms with Gasteiger partial charge in [0.1, 0.15) is 5.75 Å². The maximum Gasteiger partial charge on any atom is 0.335 e. The van der Waals surface area contributed by atoms with Crippen LogP contribution < -0.4 is 9.47 Å². The lowest BCUT2D eigenvalue weighted by molar-refractivity contribution is -0.130. The predicted octanol–water partition coefficient (Wildman–Crippen LogP) is 8.62. The van der Waals surface area contributed by atoms with Crippen LogP contribution in [0.5, 0.6) is 11.5 Å². The van der Waals surface area contributed by atoms with E-state index in [1.165, 1.54) is 38.5 Å². The summed E-state index contributed by atoms with van der Waals surface area (Å²) >= 11 is 12.8. The van der Waals surface area contributed by atoms with E-state index in [9.17, 15) is 9.90 Å². The zero-order valence-corrected chi connectivity index (χ0v) is 21.8. The summed E-state index contributed by atoms with van der Waals surface area (Å²) in [4.78, 5) is 11.5. The normalized spacial score (nSPS) is 11.5. The van der Waals surface area contributed by atoms with Crippen LogP contribution in [0.25, 0.3) is 5.57 Å². The SMILES string of the molecule is C/C=C(/C(=O)O)c1ccccc1CCOc1cc(Cl)c(OCCCCCCCCCC)c(Cl)c1. The molecular weight excluding hydrogens is 471 g/mol. The van der Waals surface area contributed by atoms with Crippen LogP contribution in [0, 0.1) is 0 Å². The molecular formula is C28H36Cl2O4. The van der Waals surface area contributed by atoms with E-state index in [0.29, 0.717) is 46.7 Å². The summed E-state index contributed by atoms with van der Waals surface area (Å²) in [6.45, 7) is 4.90. The van der Waals surface area contributed by atoms with E-state index in [1.54, 1.807) is 25.1 Å². The summed E-state index contributed by atoms with van der Waals surface area (Å²) in [7, 11) is 0. The largest absolute Gasteiger partial charge is 0.493 e. The molecule has 2 aromatic carbocycles.